The van der Waals surface area contributed by atoms with Crippen LogP contribution in [0.3, 0.4) is 0 Å². The fourth-order valence-electron chi connectivity index (χ4n) is 3.28. The second kappa shape index (κ2) is 11.8. The van der Waals surface area contributed by atoms with Crippen molar-refractivity contribution < 1.29 is 14.3 Å². The molecule has 3 rings (SSSR count). The van der Waals surface area contributed by atoms with Crippen molar-refractivity contribution in [3.8, 4) is 0 Å². The van der Waals surface area contributed by atoms with Crippen LogP contribution in [0.25, 0.3) is 0 Å². The maximum atomic E-state index is 12.8. The zero-order valence-corrected chi connectivity index (χ0v) is 20.3. The molecule has 0 radical (unpaired) electrons. The van der Waals surface area contributed by atoms with E-state index >= 15 is 0 Å². The summed E-state index contributed by atoms with van der Waals surface area (Å²) >= 11 is 2.78. The summed E-state index contributed by atoms with van der Waals surface area (Å²) in [7, 11) is 0. The number of benzene rings is 1. The molecule has 2 N–H and O–H groups in total. The summed E-state index contributed by atoms with van der Waals surface area (Å²) in [4.78, 5) is 30.5. The van der Waals surface area contributed by atoms with Crippen LogP contribution >= 0.6 is 22.7 Å². The average molecular weight is 472 g/mol. The number of thiophene rings is 1. The number of amides is 1. The van der Waals surface area contributed by atoms with Gasteiger partial charge in [-0.25, -0.2) is 4.98 Å². The van der Waals surface area contributed by atoms with E-state index in [0.717, 1.165) is 22.5 Å². The number of ether oxygens (including phenoxy) is 1. The molecule has 2 heterocycles. The van der Waals surface area contributed by atoms with Crippen LogP contribution in [0, 0.1) is 6.92 Å². The first-order valence-corrected chi connectivity index (χ1v) is 12.5. The number of nitrogens with one attached hydrogen (secondary N) is 2. The minimum atomic E-state index is -0.321. The van der Waals surface area contributed by atoms with E-state index in [2.05, 4.69) is 46.8 Å². The van der Waals surface area contributed by atoms with Gasteiger partial charge in [0.2, 0.25) is 0 Å². The van der Waals surface area contributed by atoms with Crippen molar-refractivity contribution in [2.45, 2.75) is 53.0 Å². The zero-order valence-electron chi connectivity index (χ0n) is 18.7. The van der Waals surface area contributed by atoms with Gasteiger partial charge in [-0.1, -0.05) is 31.5 Å². The van der Waals surface area contributed by atoms with Gasteiger partial charge in [0.05, 0.1) is 23.6 Å². The highest BCUT2D eigenvalue weighted by atomic mass is 32.1. The van der Waals surface area contributed by atoms with Gasteiger partial charge in [0.25, 0.3) is 5.91 Å². The molecule has 0 aliphatic heterocycles. The van der Waals surface area contributed by atoms with Crippen LogP contribution in [0.4, 0.5) is 10.8 Å². The Balaban J connectivity index is 1.60. The van der Waals surface area contributed by atoms with Crippen molar-refractivity contribution in [1.82, 2.24) is 4.98 Å². The molecular weight excluding hydrogens is 442 g/mol. The molecule has 0 atom stereocenters. The number of anilines is 2. The van der Waals surface area contributed by atoms with E-state index in [0.29, 0.717) is 28.9 Å². The summed E-state index contributed by atoms with van der Waals surface area (Å²) in [6.07, 6.45) is 3.50. The standard InChI is InChI=1S/C24H29N3O3S2/c1-4-6-9-17-10-7-8-11-20(17)25-14-19-12-16(3)22(32-19)23(29)27-24-26-18(15-31-24)13-21(28)30-5-2/h7-8,10-12,15,25H,4-6,9,13-14H2,1-3H3,(H,26,27,29). The van der Waals surface area contributed by atoms with Crippen molar-refractivity contribution in [2.75, 3.05) is 17.2 Å². The first-order valence-electron chi connectivity index (χ1n) is 10.8. The molecule has 8 heteroatoms. The van der Waals surface area contributed by atoms with E-state index in [-0.39, 0.29) is 18.3 Å². The molecule has 0 bridgehead atoms. The van der Waals surface area contributed by atoms with Gasteiger partial charge in [0.1, 0.15) is 0 Å². The van der Waals surface area contributed by atoms with Crippen LogP contribution in [0.2, 0.25) is 0 Å². The van der Waals surface area contributed by atoms with Crippen molar-refractivity contribution in [2.24, 2.45) is 0 Å². The lowest BCUT2D eigenvalue weighted by Gasteiger charge is -2.11. The Morgan fingerprint density at radius 3 is 2.78 bits per heavy atom. The molecule has 0 saturated carbocycles. The molecule has 0 fully saturated rings. The Hall–Kier alpha value is -2.71. The number of aryl methyl sites for hydroxylation is 2. The molecule has 1 amide bonds. The van der Waals surface area contributed by atoms with Crippen molar-refractivity contribution >= 4 is 45.4 Å². The summed E-state index contributed by atoms with van der Waals surface area (Å²) in [6.45, 7) is 6.92. The van der Waals surface area contributed by atoms with Gasteiger partial charge in [-0.3, -0.25) is 14.9 Å². The number of carbonyl (C=O) groups is 2. The summed E-state index contributed by atoms with van der Waals surface area (Å²) in [6, 6.07) is 10.4. The van der Waals surface area contributed by atoms with Crippen molar-refractivity contribution in [3.05, 3.63) is 62.3 Å². The van der Waals surface area contributed by atoms with Gasteiger partial charge < -0.3 is 10.1 Å². The van der Waals surface area contributed by atoms with Crippen molar-refractivity contribution in [3.63, 3.8) is 0 Å². The maximum absolute atomic E-state index is 12.8. The summed E-state index contributed by atoms with van der Waals surface area (Å²) in [5, 5.41) is 8.62. The quantitative estimate of drug-likeness (QED) is 0.344. The first-order chi connectivity index (χ1) is 15.5. The average Bonchev–Trinajstić information content (AvgIpc) is 3.37. The molecule has 3 aromatic rings. The van der Waals surface area contributed by atoms with Gasteiger partial charge in [-0.05, 0) is 49.9 Å². The van der Waals surface area contributed by atoms with E-state index in [9.17, 15) is 9.59 Å². The highest BCUT2D eigenvalue weighted by molar-refractivity contribution is 7.15. The van der Waals surface area contributed by atoms with Crippen LogP contribution in [-0.4, -0.2) is 23.5 Å². The largest absolute Gasteiger partial charge is 0.466 e. The Bertz CT molecular complexity index is 1060. The number of hydrogen-bond donors (Lipinski definition) is 2. The second-order valence-corrected chi connectivity index (χ2v) is 9.41. The van der Waals surface area contributed by atoms with Crippen LogP contribution in [-0.2, 0) is 28.9 Å². The fourth-order valence-corrected chi connectivity index (χ4v) is 4.99. The Kier molecular flexibility index (Phi) is 8.81. The maximum Gasteiger partial charge on any atom is 0.311 e. The summed E-state index contributed by atoms with van der Waals surface area (Å²) in [5.41, 5.74) is 4.00. The van der Waals surface area contributed by atoms with E-state index in [4.69, 9.17) is 4.74 Å². The zero-order chi connectivity index (χ0) is 22.9. The van der Waals surface area contributed by atoms with Crippen LogP contribution in [0.1, 0.15) is 58.1 Å². The van der Waals surface area contributed by atoms with Crippen molar-refractivity contribution in [1.29, 1.82) is 0 Å². The second-order valence-electron chi connectivity index (χ2n) is 7.42. The SMILES string of the molecule is CCCCc1ccccc1NCc1cc(C)c(C(=O)Nc2nc(CC(=O)OCC)cs2)s1. The lowest BCUT2D eigenvalue weighted by molar-refractivity contribution is -0.142. The summed E-state index contributed by atoms with van der Waals surface area (Å²) < 4.78 is 4.94. The lowest BCUT2D eigenvalue weighted by atomic mass is 10.1. The topological polar surface area (TPSA) is 80.3 Å². The lowest BCUT2D eigenvalue weighted by Crippen LogP contribution is -2.12. The number of carbonyl (C=O) groups excluding carboxylic acids is 2. The molecule has 0 aliphatic carbocycles. The Morgan fingerprint density at radius 2 is 2.00 bits per heavy atom. The minimum Gasteiger partial charge on any atom is -0.466 e. The van der Waals surface area contributed by atoms with Crippen LogP contribution in [0.5, 0.6) is 0 Å². The molecule has 32 heavy (non-hydrogen) atoms. The Morgan fingerprint density at radius 1 is 1.19 bits per heavy atom. The molecule has 0 aliphatic rings. The Labute approximate surface area is 197 Å². The predicted octanol–water partition coefficient (Wildman–Crippen LogP) is 5.83. The molecule has 1 aromatic carbocycles. The highest BCUT2D eigenvalue weighted by Gasteiger charge is 2.16. The van der Waals surface area contributed by atoms with Crippen LogP contribution in [0.15, 0.2) is 35.7 Å². The number of rotatable bonds is 11. The normalized spacial score (nSPS) is 10.7. The molecule has 0 unspecified atom stereocenters. The third-order valence-electron chi connectivity index (χ3n) is 4.85. The first kappa shape index (κ1) is 23.9. The highest BCUT2D eigenvalue weighted by Crippen LogP contribution is 2.26. The smallest absolute Gasteiger partial charge is 0.311 e. The van der Waals surface area contributed by atoms with Gasteiger partial charge in [-0.15, -0.1) is 22.7 Å². The molecule has 170 valence electrons. The summed E-state index contributed by atoms with van der Waals surface area (Å²) in [5.74, 6) is -0.502. The number of thiazole rings is 1. The third-order valence-corrected chi connectivity index (χ3v) is 6.89. The van der Waals surface area contributed by atoms with Gasteiger partial charge in [0.15, 0.2) is 5.13 Å². The monoisotopic (exact) mass is 471 g/mol. The fraction of sp³-hybridized carbons (Fsp3) is 0.375. The van der Waals surface area contributed by atoms with Gasteiger partial charge in [0, 0.05) is 22.5 Å². The van der Waals surface area contributed by atoms with E-state index in [1.165, 1.54) is 41.1 Å². The molecule has 6 nitrogen and oxygen atoms in total. The van der Waals surface area contributed by atoms with Gasteiger partial charge in [-0.2, -0.15) is 0 Å². The molecule has 2 aromatic heterocycles. The number of hydrogen-bond acceptors (Lipinski definition) is 7. The van der Waals surface area contributed by atoms with E-state index in [1.54, 1.807) is 12.3 Å². The van der Waals surface area contributed by atoms with E-state index in [1.807, 2.05) is 13.0 Å². The molecular formula is C24H29N3O3S2. The number of aromatic nitrogens is 1. The number of nitrogens with zero attached hydrogens (tertiary/aromatic N) is 1. The number of esters is 1. The van der Waals surface area contributed by atoms with Gasteiger partial charge >= 0.3 is 5.97 Å². The number of para-hydroxylation sites is 1. The third kappa shape index (κ3) is 6.64. The predicted molar refractivity (Wildman–Crippen MR) is 132 cm³/mol. The molecule has 0 saturated heterocycles. The molecule has 0 spiro atoms. The number of unbranched alkanes of at least 4 members (excludes halogenated alkanes) is 1. The minimum absolute atomic E-state index is 0.105. The van der Waals surface area contributed by atoms with Crippen LogP contribution < -0.4 is 10.6 Å². The van der Waals surface area contributed by atoms with E-state index < -0.39 is 0 Å².